The molecule has 1 aliphatic rings. The fraction of sp³-hybridized carbons (Fsp3) is 0.333. The zero-order chi connectivity index (χ0) is 18.4. The Balaban J connectivity index is 1.53. The molecule has 0 heterocycles. The maximum atomic E-state index is 12.3. The number of amides is 2. The molecule has 1 fully saturated rings. The van der Waals surface area contributed by atoms with Gasteiger partial charge >= 0.3 is 0 Å². The summed E-state index contributed by atoms with van der Waals surface area (Å²) in [5.74, 6) is 0.589. The number of nitrogens with one attached hydrogen (secondary N) is 3. The summed E-state index contributed by atoms with van der Waals surface area (Å²) in [5, 5.41) is 9.08. The van der Waals surface area contributed by atoms with Crippen LogP contribution in [0.5, 0.6) is 0 Å². The maximum absolute atomic E-state index is 12.3. The van der Waals surface area contributed by atoms with E-state index in [0.29, 0.717) is 17.8 Å². The summed E-state index contributed by atoms with van der Waals surface area (Å²) in [6.45, 7) is 3.20. The highest BCUT2D eigenvalue weighted by atomic mass is 16.2. The molecule has 136 valence electrons. The quantitative estimate of drug-likeness (QED) is 0.684. The molecular weight excluding hydrogens is 326 g/mol. The van der Waals surface area contributed by atoms with E-state index in [1.165, 1.54) is 12.8 Å². The summed E-state index contributed by atoms with van der Waals surface area (Å²) in [6.07, 6.45) is 2.54. The Morgan fingerprint density at radius 2 is 1.85 bits per heavy atom. The van der Waals surface area contributed by atoms with Crippen LogP contribution < -0.4 is 16.0 Å². The third kappa shape index (κ3) is 5.43. The molecule has 1 saturated carbocycles. The number of rotatable bonds is 8. The smallest absolute Gasteiger partial charge is 0.255 e. The molecule has 0 bridgehead atoms. The Morgan fingerprint density at radius 3 is 2.58 bits per heavy atom. The summed E-state index contributed by atoms with van der Waals surface area (Å²) in [7, 11) is 0. The van der Waals surface area contributed by atoms with Gasteiger partial charge in [-0.15, -0.1) is 0 Å². The number of carbonyl (C=O) groups is 2. The Kier molecular flexibility index (Phi) is 6.02. The minimum Gasteiger partial charge on any atom is -0.348 e. The Labute approximate surface area is 154 Å². The number of anilines is 1. The van der Waals surface area contributed by atoms with E-state index in [-0.39, 0.29) is 17.9 Å². The lowest BCUT2D eigenvalue weighted by Gasteiger charge is -2.16. The largest absolute Gasteiger partial charge is 0.348 e. The van der Waals surface area contributed by atoms with E-state index in [0.717, 1.165) is 18.0 Å². The van der Waals surface area contributed by atoms with Gasteiger partial charge in [0.15, 0.2) is 0 Å². The van der Waals surface area contributed by atoms with Crippen LogP contribution in [0.3, 0.4) is 0 Å². The minimum absolute atomic E-state index is 0.0168. The van der Waals surface area contributed by atoms with Gasteiger partial charge in [0.2, 0.25) is 5.91 Å². The zero-order valence-corrected chi connectivity index (χ0v) is 15.0. The molecular formula is C21H25N3O2. The van der Waals surface area contributed by atoms with Crippen LogP contribution in [0, 0.1) is 5.92 Å². The lowest BCUT2D eigenvalue weighted by atomic mass is 10.1. The highest BCUT2D eigenvalue weighted by Crippen LogP contribution is 2.27. The van der Waals surface area contributed by atoms with Crippen molar-refractivity contribution in [1.82, 2.24) is 10.6 Å². The van der Waals surface area contributed by atoms with E-state index in [1.54, 1.807) is 12.1 Å². The first-order valence-electron chi connectivity index (χ1n) is 9.08. The summed E-state index contributed by atoms with van der Waals surface area (Å²) in [5.41, 5.74) is 2.27. The van der Waals surface area contributed by atoms with Gasteiger partial charge in [0.25, 0.3) is 5.91 Å². The first-order chi connectivity index (χ1) is 12.6. The molecule has 0 spiro atoms. The lowest BCUT2D eigenvalue weighted by Crippen LogP contribution is -2.36. The summed E-state index contributed by atoms with van der Waals surface area (Å²) >= 11 is 0. The second-order valence-electron chi connectivity index (χ2n) is 6.81. The van der Waals surface area contributed by atoms with Crippen molar-refractivity contribution in [2.24, 2.45) is 5.92 Å². The SMILES string of the molecule is CC(NC(=O)CNCC1CC1)c1cccc(NC(=O)c2ccccc2)c1. The minimum atomic E-state index is -0.149. The topological polar surface area (TPSA) is 70.2 Å². The number of hydrogen-bond acceptors (Lipinski definition) is 3. The third-order valence-electron chi connectivity index (χ3n) is 4.47. The molecule has 26 heavy (non-hydrogen) atoms. The van der Waals surface area contributed by atoms with Gasteiger partial charge in [0.05, 0.1) is 12.6 Å². The van der Waals surface area contributed by atoms with Gasteiger partial charge in [-0.3, -0.25) is 9.59 Å². The van der Waals surface area contributed by atoms with Crippen LogP contribution in [-0.4, -0.2) is 24.9 Å². The molecule has 0 saturated heterocycles. The van der Waals surface area contributed by atoms with Crippen LogP contribution >= 0.6 is 0 Å². The van der Waals surface area contributed by atoms with Crippen molar-refractivity contribution in [1.29, 1.82) is 0 Å². The lowest BCUT2D eigenvalue weighted by molar-refractivity contribution is -0.120. The van der Waals surface area contributed by atoms with Gasteiger partial charge in [0, 0.05) is 11.3 Å². The van der Waals surface area contributed by atoms with E-state index >= 15 is 0 Å². The van der Waals surface area contributed by atoms with Crippen molar-refractivity contribution < 1.29 is 9.59 Å². The van der Waals surface area contributed by atoms with Gasteiger partial charge in [-0.1, -0.05) is 30.3 Å². The van der Waals surface area contributed by atoms with Crippen LogP contribution in [0.4, 0.5) is 5.69 Å². The molecule has 5 heteroatoms. The fourth-order valence-corrected chi connectivity index (χ4v) is 2.77. The Bertz CT molecular complexity index is 757. The van der Waals surface area contributed by atoms with Crippen molar-refractivity contribution >= 4 is 17.5 Å². The Morgan fingerprint density at radius 1 is 1.08 bits per heavy atom. The molecule has 2 aromatic carbocycles. The van der Waals surface area contributed by atoms with Gasteiger partial charge in [-0.05, 0) is 62.1 Å². The van der Waals surface area contributed by atoms with Crippen molar-refractivity contribution in [2.75, 3.05) is 18.4 Å². The van der Waals surface area contributed by atoms with Gasteiger partial charge < -0.3 is 16.0 Å². The number of hydrogen-bond donors (Lipinski definition) is 3. The van der Waals surface area contributed by atoms with Crippen molar-refractivity contribution in [3.8, 4) is 0 Å². The van der Waals surface area contributed by atoms with Crippen LogP contribution in [0.25, 0.3) is 0 Å². The molecule has 3 rings (SSSR count). The van der Waals surface area contributed by atoms with Crippen LogP contribution in [0.2, 0.25) is 0 Å². The summed E-state index contributed by atoms with van der Waals surface area (Å²) in [6, 6.07) is 16.5. The van der Waals surface area contributed by atoms with E-state index in [4.69, 9.17) is 0 Å². The zero-order valence-electron chi connectivity index (χ0n) is 15.0. The monoisotopic (exact) mass is 351 g/mol. The first-order valence-corrected chi connectivity index (χ1v) is 9.08. The molecule has 0 aliphatic heterocycles. The van der Waals surface area contributed by atoms with Crippen LogP contribution in [-0.2, 0) is 4.79 Å². The normalized spacial score (nSPS) is 14.5. The third-order valence-corrected chi connectivity index (χ3v) is 4.47. The second-order valence-corrected chi connectivity index (χ2v) is 6.81. The summed E-state index contributed by atoms with van der Waals surface area (Å²) < 4.78 is 0. The van der Waals surface area contributed by atoms with Crippen LogP contribution in [0.1, 0.15) is 41.7 Å². The van der Waals surface area contributed by atoms with Crippen molar-refractivity contribution in [2.45, 2.75) is 25.8 Å². The predicted octanol–water partition coefficient (Wildman–Crippen LogP) is 3.12. The highest BCUT2D eigenvalue weighted by molar-refractivity contribution is 6.04. The average molecular weight is 351 g/mol. The molecule has 1 unspecified atom stereocenters. The van der Waals surface area contributed by atoms with Gasteiger partial charge in [-0.2, -0.15) is 0 Å². The fourth-order valence-electron chi connectivity index (χ4n) is 2.77. The van der Waals surface area contributed by atoms with E-state index < -0.39 is 0 Å². The average Bonchev–Trinajstić information content (AvgIpc) is 3.47. The molecule has 2 amide bonds. The summed E-state index contributed by atoms with van der Waals surface area (Å²) in [4.78, 5) is 24.3. The van der Waals surface area contributed by atoms with Gasteiger partial charge in [0.1, 0.15) is 0 Å². The molecule has 3 N–H and O–H groups in total. The second kappa shape index (κ2) is 8.63. The van der Waals surface area contributed by atoms with E-state index in [1.807, 2.05) is 49.4 Å². The van der Waals surface area contributed by atoms with E-state index in [9.17, 15) is 9.59 Å². The predicted molar refractivity (Wildman–Crippen MR) is 103 cm³/mol. The Hall–Kier alpha value is -2.66. The standard InChI is InChI=1S/C21H25N3O2/c1-15(23-20(25)14-22-13-16-10-11-16)18-8-5-9-19(12-18)24-21(26)17-6-3-2-4-7-17/h2-9,12,15-16,22H,10-11,13-14H2,1H3,(H,23,25)(H,24,26). The van der Waals surface area contributed by atoms with Gasteiger partial charge in [-0.25, -0.2) is 0 Å². The van der Waals surface area contributed by atoms with Crippen LogP contribution in [0.15, 0.2) is 54.6 Å². The first kappa shape index (κ1) is 18.1. The van der Waals surface area contributed by atoms with E-state index in [2.05, 4.69) is 16.0 Å². The number of carbonyl (C=O) groups excluding carboxylic acids is 2. The molecule has 1 aliphatic carbocycles. The molecule has 0 aromatic heterocycles. The van der Waals surface area contributed by atoms with Crippen molar-refractivity contribution in [3.63, 3.8) is 0 Å². The highest BCUT2D eigenvalue weighted by Gasteiger charge is 2.20. The molecule has 0 radical (unpaired) electrons. The maximum Gasteiger partial charge on any atom is 0.255 e. The number of benzene rings is 2. The molecule has 2 aromatic rings. The molecule has 5 nitrogen and oxygen atoms in total. The van der Waals surface area contributed by atoms with Crippen molar-refractivity contribution in [3.05, 3.63) is 65.7 Å². The molecule has 1 atom stereocenters.